The molecule has 0 aliphatic rings. The van der Waals surface area contributed by atoms with Crippen LogP contribution in [0.4, 0.5) is 14.5 Å². The lowest BCUT2D eigenvalue weighted by Crippen LogP contribution is -2.42. The van der Waals surface area contributed by atoms with Gasteiger partial charge in [0.05, 0.1) is 16.8 Å². The Morgan fingerprint density at radius 2 is 2.06 bits per heavy atom. The van der Waals surface area contributed by atoms with E-state index >= 15 is 0 Å². The van der Waals surface area contributed by atoms with Gasteiger partial charge in [0.2, 0.25) is 0 Å². The summed E-state index contributed by atoms with van der Waals surface area (Å²) in [5.41, 5.74) is 3.38. The van der Waals surface area contributed by atoms with Gasteiger partial charge >= 0.3 is 0 Å². The predicted molar refractivity (Wildman–Crippen MR) is 61.1 cm³/mol. The minimum Gasteiger partial charge on any atom is -0.396 e. The van der Waals surface area contributed by atoms with E-state index in [0.29, 0.717) is 0 Å². The molecule has 3 nitrogen and oxygen atoms in total. The van der Waals surface area contributed by atoms with E-state index in [1.807, 2.05) is 0 Å². The molecule has 0 aliphatic carbocycles. The average Bonchev–Trinajstić information content (AvgIpc) is 2.22. The molecule has 0 aromatic heterocycles. The first-order valence-electron chi connectivity index (χ1n) is 4.81. The van der Waals surface area contributed by atoms with E-state index in [0.717, 1.165) is 12.1 Å². The molecule has 0 spiro atoms. The number of nitrogens with two attached hydrogens (primary N) is 1. The van der Waals surface area contributed by atoms with Crippen LogP contribution in [0.3, 0.4) is 0 Å². The van der Waals surface area contributed by atoms with Gasteiger partial charge in [-0.2, -0.15) is 0 Å². The number of nitrogens with one attached hydrogen (secondary N) is 1. The summed E-state index contributed by atoms with van der Waals surface area (Å²) in [5, 5.41) is 2.38. The molecule has 0 bridgehead atoms. The topological polar surface area (TPSA) is 55.1 Å². The van der Waals surface area contributed by atoms with Crippen LogP contribution >= 0.6 is 0 Å². The maximum Gasteiger partial charge on any atom is 0.255 e. The van der Waals surface area contributed by atoms with Gasteiger partial charge in [-0.3, -0.25) is 4.79 Å². The van der Waals surface area contributed by atoms with Gasteiger partial charge in [0.1, 0.15) is 5.82 Å². The molecule has 1 amide bonds. The Morgan fingerprint density at radius 3 is 2.59 bits per heavy atom. The van der Waals surface area contributed by atoms with Crippen molar-refractivity contribution in [2.45, 2.75) is 19.4 Å². The van der Waals surface area contributed by atoms with Crippen LogP contribution in [0.15, 0.2) is 12.1 Å². The molecule has 0 unspecified atom stereocenters. The number of carbonyl (C=O) groups excluding carboxylic acids is 1. The fourth-order valence-electron chi connectivity index (χ4n) is 1.16. The SMILES string of the molecule is C#CC(C)(C)NC(=O)c1cc(F)cc(N)c1F. The van der Waals surface area contributed by atoms with Crippen LogP contribution < -0.4 is 11.1 Å². The van der Waals surface area contributed by atoms with Crippen molar-refractivity contribution in [3.63, 3.8) is 0 Å². The Labute approximate surface area is 98.0 Å². The minimum atomic E-state index is -0.961. The van der Waals surface area contributed by atoms with Crippen molar-refractivity contribution >= 4 is 11.6 Å². The molecular formula is C12H12F2N2O. The van der Waals surface area contributed by atoms with Crippen molar-refractivity contribution in [1.82, 2.24) is 5.32 Å². The number of hydrogen-bond donors (Lipinski definition) is 2. The first-order valence-corrected chi connectivity index (χ1v) is 4.81. The second-order valence-corrected chi connectivity index (χ2v) is 4.08. The Bertz CT molecular complexity index is 504. The molecule has 0 atom stereocenters. The van der Waals surface area contributed by atoms with E-state index < -0.39 is 34.3 Å². The molecule has 0 heterocycles. The number of nitrogen functional groups attached to an aromatic ring is 1. The second kappa shape index (κ2) is 4.42. The van der Waals surface area contributed by atoms with Gasteiger partial charge in [0, 0.05) is 0 Å². The van der Waals surface area contributed by atoms with Crippen molar-refractivity contribution in [3.05, 3.63) is 29.3 Å². The maximum absolute atomic E-state index is 13.5. The molecule has 90 valence electrons. The fourth-order valence-corrected chi connectivity index (χ4v) is 1.16. The minimum absolute atomic E-state index is 0.423. The van der Waals surface area contributed by atoms with E-state index in [1.54, 1.807) is 13.8 Å². The zero-order valence-electron chi connectivity index (χ0n) is 9.47. The van der Waals surface area contributed by atoms with Crippen LogP contribution in [0.5, 0.6) is 0 Å². The van der Waals surface area contributed by atoms with Crippen molar-refractivity contribution in [3.8, 4) is 12.3 Å². The highest BCUT2D eigenvalue weighted by Gasteiger charge is 2.22. The van der Waals surface area contributed by atoms with E-state index in [-0.39, 0.29) is 0 Å². The number of benzene rings is 1. The van der Waals surface area contributed by atoms with E-state index in [2.05, 4.69) is 11.2 Å². The molecule has 0 fully saturated rings. The Kier molecular flexibility index (Phi) is 3.37. The third-order valence-corrected chi connectivity index (χ3v) is 2.10. The highest BCUT2D eigenvalue weighted by Crippen LogP contribution is 2.18. The lowest BCUT2D eigenvalue weighted by atomic mass is 10.1. The molecule has 5 heteroatoms. The van der Waals surface area contributed by atoms with Crippen molar-refractivity contribution in [2.75, 3.05) is 5.73 Å². The fraction of sp³-hybridized carbons (Fsp3) is 0.250. The number of terminal acetylenes is 1. The number of carbonyl (C=O) groups is 1. The van der Waals surface area contributed by atoms with Gasteiger partial charge in [-0.25, -0.2) is 8.78 Å². The van der Waals surface area contributed by atoms with Crippen LogP contribution in [0, 0.1) is 24.0 Å². The molecule has 0 saturated carbocycles. The third kappa shape index (κ3) is 2.94. The predicted octanol–water partition coefficient (Wildman–Crippen LogP) is 1.69. The van der Waals surface area contributed by atoms with Gasteiger partial charge in [0.15, 0.2) is 5.82 Å². The lowest BCUT2D eigenvalue weighted by Gasteiger charge is -2.19. The second-order valence-electron chi connectivity index (χ2n) is 4.08. The molecule has 0 saturated heterocycles. The summed E-state index contributed by atoms with van der Waals surface area (Å²) < 4.78 is 26.5. The number of hydrogen-bond acceptors (Lipinski definition) is 2. The molecule has 1 rings (SSSR count). The normalized spacial score (nSPS) is 10.8. The lowest BCUT2D eigenvalue weighted by molar-refractivity contribution is 0.0925. The molecule has 3 N–H and O–H groups in total. The van der Waals surface area contributed by atoms with Gasteiger partial charge in [-0.1, -0.05) is 5.92 Å². The van der Waals surface area contributed by atoms with Crippen LogP contribution in [0.2, 0.25) is 0 Å². The highest BCUT2D eigenvalue weighted by molar-refractivity contribution is 5.96. The summed E-state index contributed by atoms with van der Waals surface area (Å²) in [6.07, 6.45) is 5.17. The maximum atomic E-state index is 13.5. The molecule has 0 radical (unpaired) electrons. The number of anilines is 1. The number of amides is 1. The highest BCUT2D eigenvalue weighted by atomic mass is 19.1. The summed E-state index contributed by atoms with van der Waals surface area (Å²) in [7, 11) is 0. The summed E-state index contributed by atoms with van der Waals surface area (Å²) in [5.74, 6) is -0.243. The first-order chi connectivity index (χ1) is 7.76. The summed E-state index contributed by atoms with van der Waals surface area (Å²) in [6.45, 7) is 3.12. The van der Waals surface area contributed by atoms with Crippen molar-refractivity contribution in [1.29, 1.82) is 0 Å². The van der Waals surface area contributed by atoms with Crippen molar-refractivity contribution in [2.24, 2.45) is 0 Å². The zero-order chi connectivity index (χ0) is 13.2. The summed E-state index contributed by atoms with van der Waals surface area (Å²) in [6, 6.07) is 1.58. The van der Waals surface area contributed by atoms with Gasteiger partial charge in [-0.15, -0.1) is 6.42 Å². The van der Waals surface area contributed by atoms with E-state index in [9.17, 15) is 13.6 Å². The zero-order valence-corrected chi connectivity index (χ0v) is 9.47. The summed E-state index contributed by atoms with van der Waals surface area (Å²) in [4.78, 5) is 11.7. The molecule has 0 aliphatic heterocycles. The van der Waals surface area contributed by atoms with Crippen LogP contribution in [0.25, 0.3) is 0 Å². The molecule has 17 heavy (non-hydrogen) atoms. The largest absolute Gasteiger partial charge is 0.396 e. The smallest absolute Gasteiger partial charge is 0.255 e. The Morgan fingerprint density at radius 1 is 1.47 bits per heavy atom. The number of rotatable bonds is 2. The summed E-state index contributed by atoms with van der Waals surface area (Å²) >= 11 is 0. The molecule has 1 aromatic carbocycles. The van der Waals surface area contributed by atoms with Gasteiger partial charge in [-0.05, 0) is 26.0 Å². The average molecular weight is 238 g/mol. The first kappa shape index (κ1) is 13.0. The van der Waals surface area contributed by atoms with Gasteiger partial charge < -0.3 is 11.1 Å². The molecular weight excluding hydrogens is 226 g/mol. The quantitative estimate of drug-likeness (QED) is 0.608. The standard InChI is InChI=1S/C12H12F2N2O/c1-4-12(2,3)16-11(17)8-5-7(13)6-9(15)10(8)14/h1,5-6H,15H2,2-3H3,(H,16,17). The monoisotopic (exact) mass is 238 g/mol. The van der Waals surface area contributed by atoms with E-state index in [1.165, 1.54) is 0 Å². The van der Waals surface area contributed by atoms with Crippen LogP contribution in [-0.2, 0) is 0 Å². The van der Waals surface area contributed by atoms with Crippen LogP contribution in [-0.4, -0.2) is 11.4 Å². The van der Waals surface area contributed by atoms with Crippen LogP contribution in [0.1, 0.15) is 24.2 Å². The number of halogens is 2. The Balaban J connectivity index is 3.10. The third-order valence-electron chi connectivity index (χ3n) is 2.10. The Hall–Kier alpha value is -2.09. The molecule has 1 aromatic rings. The van der Waals surface area contributed by atoms with E-state index in [4.69, 9.17) is 12.2 Å². The van der Waals surface area contributed by atoms with Gasteiger partial charge in [0.25, 0.3) is 5.91 Å². The van der Waals surface area contributed by atoms with Crippen molar-refractivity contribution < 1.29 is 13.6 Å².